The Labute approximate surface area is 141 Å². The molecule has 0 saturated carbocycles. The second kappa shape index (κ2) is 7.20. The summed E-state index contributed by atoms with van der Waals surface area (Å²) in [4.78, 5) is 5.32. The highest BCUT2D eigenvalue weighted by Gasteiger charge is 2.01. The fourth-order valence-electron chi connectivity index (χ4n) is 2.47. The third-order valence-electron chi connectivity index (χ3n) is 3.86. The Balaban J connectivity index is 1.75. The van der Waals surface area contributed by atoms with E-state index in [0.29, 0.717) is 6.61 Å². The van der Waals surface area contributed by atoms with Gasteiger partial charge in [0, 0.05) is 42.9 Å². The van der Waals surface area contributed by atoms with Crippen LogP contribution in [0.5, 0.6) is 0 Å². The summed E-state index contributed by atoms with van der Waals surface area (Å²) in [6.07, 6.45) is 0. The lowest BCUT2D eigenvalue weighted by molar-refractivity contribution is 0.206. The number of nitrogens with zero attached hydrogens (tertiary/aromatic N) is 1. The third-order valence-corrected chi connectivity index (χ3v) is 3.86. The van der Waals surface area contributed by atoms with Crippen molar-refractivity contribution in [2.75, 3.05) is 32.2 Å². The van der Waals surface area contributed by atoms with Crippen molar-refractivity contribution in [3.05, 3.63) is 65.6 Å². The lowest BCUT2D eigenvalue weighted by Gasteiger charge is -2.18. The number of methoxy groups -OCH3 is 1. The van der Waals surface area contributed by atoms with Crippen LogP contribution in [-0.2, 0) is 4.74 Å². The third kappa shape index (κ3) is 3.76. The van der Waals surface area contributed by atoms with Crippen LogP contribution in [-0.4, -0.2) is 32.3 Å². The van der Waals surface area contributed by atoms with E-state index in [4.69, 9.17) is 4.74 Å². The molecule has 0 fully saturated rings. The SMILES string of the molecule is COCCN(C)c1ccc(C#Cc2cc3cc(F)ccc3[nH]2)cc1. The van der Waals surface area contributed by atoms with Gasteiger partial charge in [-0.15, -0.1) is 0 Å². The lowest BCUT2D eigenvalue weighted by atomic mass is 10.2. The standard InChI is InChI=1S/C20H19FN2O/c1-23(11-12-24-2)19-8-4-15(5-9-19)3-7-18-14-16-13-17(21)6-10-20(16)22-18/h4-6,8-10,13-14,22H,11-12H2,1-2H3. The first-order valence-corrected chi connectivity index (χ1v) is 7.76. The quantitative estimate of drug-likeness (QED) is 0.740. The van der Waals surface area contributed by atoms with E-state index in [1.54, 1.807) is 13.2 Å². The van der Waals surface area contributed by atoms with Crippen LogP contribution in [0.15, 0.2) is 48.5 Å². The number of anilines is 1. The molecule has 0 aliphatic rings. The van der Waals surface area contributed by atoms with Crippen molar-refractivity contribution in [3.63, 3.8) is 0 Å². The van der Waals surface area contributed by atoms with Crippen molar-refractivity contribution in [3.8, 4) is 11.8 Å². The Morgan fingerprint density at radius 1 is 1.08 bits per heavy atom. The first-order chi connectivity index (χ1) is 11.7. The highest BCUT2D eigenvalue weighted by molar-refractivity contribution is 5.81. The Hall–Kier alpha value is -2.77. The molecule has 0 bridgehead atoms. The van der Waals surface area contributed by atoms with Crippen LogP contribution >= 0.6 is 0 Å². The summed E-state index contributed by atoms with van der Waals surface area (Å²) < 4.78 is 18.3. The zero-order valence-corrected chi connectivity index (χ0v) is 13.8. The Kier molecular flexibility index (Phi) is 4.83. The first-order valence-electron chi connectivity index (χ1n) is 7.76. The van der Waals surface area contributed by atoms with Gasteiger partial charge in [0.1, 0.15) is 5.82 Å². The summed E-state index contributed by atoms with van der Waals surface area (Å²) in [6.45, 7) is 1.53. The fraction of sp³-hybridized carbons (Fsp3) is 0.200. The molecule has 3 aromatic rings. The van der Waals surface area contributed by atoms with Crippen molar-refractivity contribution in [2.24, 2.45) is 0 Å². The maximum absolute atomic E-state index is 13.2. The van der Waals surface area contributed by atoms with Crippen molar-refractivity contribution < 1.29 is 9.13 Å². The van der Waals surface area contributed by atoms with E-state index in [0.717, 1.165) is 34.4 Å². The van der Waals surface area contributed by atoms with E-state index in [1.807, 2.05) is 37.4 Å². The molecule has 0 radical (unpaired) electrons. The lowest BCUT2D eigenvalue weighted by Crippen LogP contribution is -2.21. The van der Waals surface area contributed by atoms with E-state index in [1.165, 1.54) is 12.1 Å². The van der Waals surface area contributed by atoms with Crippen molar-refractivity contribution in [1.82, 2.24) is 4.98 Å². The molecule has 122 valence electrons. The molecule has 4 heteroatoms. The zero-order valence-electron chi connectivity index (χ0n) is 13.8. The minimum atomic E-state index is -0.241. The molecule has 0 spiro atoms. The van der Waals surface area contributed by atoms with Gasteiger partial charge in [-0.05, 0) is 54.5 Å². The average Bonchev–Trinajstić information content (AvgIpc) is 3.00. The largest absolute Gasteiger partial charge is 0.383 e. The number of rotatable bonds is 4. The normalized spacial score (nSPS) is 10.5. The average molecular weight is 322 g/mol. The summed E-state index contributed by atoms with van der Waals surface area (Å²) in [6, 6.07) is 14.6. The Bertz CT molecular complexity index is 887. The molecule has 0 aliphatic heterocycles. The molecule has 0 amide bonds. The Morgan fingerprint density at radius 3 is 2.62 bits per heavy atom. The van der Waals surface area contributed by atoms with Gasteiger partial charge < -0.3 is 14.6 Å². The predicted molar refractivity (Wildman–Crippen MR) is 95.8 cm³/mol. The summed E-state index contributed by atoms with van der Waals surface area (Å²) >= 11 is 0. The highest BCUT2D eigenvalue weighted by Crippen LogP contribution is 2.16. The summed E-state index contributed by atoms with van der Waals surface area (Å²) in [7, 11) is 3.73. The van der Waals surface area contributed by atoms with Gasteiger partial charge in [-0.1, -0.05) is 5.92 Å². The van der Waals surface area contributed by atoms with Gasteiger partial charge in [0.2, 0.25) is 0 Å². The van der Waals surface area contributed by atoms with E-state index < -0.39 is 0 Å². The monoisotopic (exact) mass is 322 g/mol. The van der Waals surface area contributed by atoms with E-state index in [9.17, 15) is 4.39 Å². The minimum absolute atomic E-state index is 0.241. The molecule has 0 unspecified atom stereocenters. The number of fused-ring (bicyclic) bond motifs is 1. The molecule has 3 rings (SSSR count). The molecule has 0 atom stereocenters. The van der Waals surface area contributed by atoms with Gasteiger partial charge in [0.25, 0.3) is 0 Å². The number of H-pyrrole nitrogens is 1. The minimum Gasteiger partial charge on any atom is -0.383 e. The fourth-order valence-corrected chi connectivity index (χ4v) is 2.47. The second-order valence-electron chi connectivity index (χ2n) is 5.63. The molecule has 1 N–H and O–H groups in total. The number of likely N-dealkylation sites (N-methyl/N-ethyl adjacent to an activating group) is 1. The van der Waals surface area contributed by atoms with Crippen LogP contribution in [0.3, 0.4) is 0 Å². The Morgan fingerprint density at radius 2 is 1.88 bits per heavy atom. The summed E-state index contributed by atoms with van der Waals surface area (Å²) in [5.74, 6) is 5.98. The summed E-state index contributed by atoms with van der Waals surface area (Å²) in [5.41, 5.74) is 3.72. The number of aromatic amines is 1. The van der Waals surface area contributed by atoms with Gasteiger partial charge in [-0.2, -0.15) is 0 Å². The van der Waals surface area contributed by atoms with Crippen molar-refractivity contribution >= 4 is 16.6 Å². The van der Waals surface area contributed by atoms with Crippen molar-refractivity contribution in [1.29, 1.82) is 0 Å². The molecule has 1 heterocycles. The molecular formula is C20H19FN2O. The highest BCUT2D eigenvalue weighted by atomic mass is 19.1. The number of nitrogens with one attached hydrogen (secondary N) is 1. The molecule has 3 nitrogen and oxygen atoms in total. The molecule has 24 heavy (non-hydrogen) atoms. The first kappa shape index (κ1) is 16.1. The molecule has 0 saturated heterocycles. The van der Waals surface area contributed by atoms with Gasteiger partial charge in [0.05, 0.1) is 12.3 Å². The molecule has 0 aliphatic carbocycles. The van der Waals surface area contributed by atoms with Gasteiger partial charge in [0.15, 0.2) is 0 Å². The van der Waals surface area contributed by atoms with Gasteiger partial charge in [-0.3, -0.25) is 0 Å². The molecule has 1 aromatic heterocycles. The zero-order chi connectivity index (χ0) is 16.9. The number of aromatic nitrogens is 1. The number of ether oxygens (including phenoxy) is 1. The van der Waals surface area contributed by atoms with E-state index in [-0.39, 0.29) is 5.82 Å². The number of hydrogen-bond acceptors (Lipinski definition) is 2. The van der Waals surface area contributed by atoms with Crippen LogP contribution in [0.25, 0.3) is 10.9 Å². The van der Waals surface area contributed by atoms with Crippen molar-refractivity contribution in [2.45, 2.75) is 0 Å². The smallest absolute Gasteiger partial charge is 0.123 e. The summed E-state index contributed by atoms with van der Waals surface area (Å²) in [5, 5.41) is 0.828. The topological polar surface area (TPSA) is 28.3 Å². The van der Waals surface area contributed by atoms with Crippen LogP contribution in [0, 0.1) is 17.7 Å². The number of hydrogen-bond donors (Lipinski definition) is 1. The second-order valence-corrected chi connectivity index (χ2v) is 5.63. The van der Waals surface area contributed by atoms with Crippen LogP contribution < -0.4 is 4.90 Å². The number of halogens is 1. The van der Waals surface area contributed by atoms with Crippen LogP contribution in [0.4, 0.5) is 10.1 Å². The maximum Gasteiger partial charge on any atom is 0.123 e. The predicted octanol–water partition coefficient (Wildman–Crippen LogP) is 3.79. The molecular weight excluding hydrogens is 303 g/mol. The van der Waals surface area contributed by atoms with Crippen LogP contribution in [0.2, 0.25) is 0 Å². The maximum atomic E-state index is 13.2. The molecule has 2 aromatic carbocycles. The van der Waals surface area contributed by atoms with E-state index >= 15 is 0 Å². The van der Waals surface area contributed by atoms with Gasteiger partial charge in [-0.25, -0.2) is 4.39 Å². The van der Waals surface area contributed by atoms with Gasteiger partial charge >= 0.3 is 0 Å². The number of benzene rings is 2. The van der Waals surface area contributed by atoms with E-state index in [2.05, 4.69) is 21.7 Å². The van der Waals surface area contributed by atoms with Crippen LogP contribution in [0.1, 0.15) is 11.3 Å².